The van der Waals surface area contributed by atoms with E-state index >= 15 is 0 Å². The molecule has 0 aromatic heterocycles. The minimum Gasteiger partial charge on any atom is -0.413 e. The Morgan fingerprint density at radius 1 is 1.29 bits per heavy atom. The zero-order valence-electron chi connectivity index (χ0n) is 22.1. The number of hydrogen-bond acceptors (Lipinski definition) is 3. The van der Waals surface area contributed by atoms with E-state index in [1.54, 1.807) is 0 Å². The van der Waals surface area contributed by atoms with Crippen molar-refractivity contribution in [2.75, 3.05) is 6.54 Å². The van der Waals surface area contributed by atoms with Crippen molar-refractivity contribution >= 4 is 20.1 Å². The van der Waals surface area contributed by atoms with E-state index in [1.807, 2.05) is 6.08 Å². The maximum atomic E-state index is 13.0. The molecular formula is C28H46N2O3Si. The zero-order chi connectivity index (χ0) is 24.9. The maximum absolute atomic E-state index is 13.0. The van der Waals surface area contributed by atoms with Gasteiger partial charge in [-0.2, -0.15) is 0 Å². The third-order valence-corrected chi connectivity index (χ3v) is 12.7. The van der Waals surface area contributed by atoms with Crippen molar-refractivity contribution in [2.45, 2.75) is 115 Å². The Morgan fingerprint density at radius 3 is 2.76 bits per heavy atom. The van der Waals surface area contributed by atoms with E-state index in [0.717, 1.165) is 51.4 Å². The normalized spacial score (nSPS) is 25.5. The molecule has 3 atom stereocenters. The average molecular weight is 487 g/mol. The molecule has 1 N–H and O–H groups in total. The quantitative estimate of drug-likeness (QED) is 0.238. The van der Waals surface area contributed by atoms with E-state index in [-0.39, 0.29) is 34.9 Å². The molecular weight excluding hydrogens is 440 g/mol. The second-order valence-electron chi connectivity index (χ2n) is 11.7. The van der Waals surface area contributed by atoms with Crippen LogP contribution in [0.1, 0.15) is 85.0 Å². The summed E-state index contributed by atoms with van der Waals surface area (Å²) >= 11 is 0. The minimum absolute atomic E-state index is 0.0379. The van der Waals surface area contributed by atoms with Gasteiger partial charge in [0.25, 0.3) is 0 Å². The first-order chi connectivity index (χ1) is 16.0. The summed E-state index contributed by atoms with van der Waals surface area (Å²) in [7, 11) is -2.00. The highest BCUT2D eigenvalue weighted by Crippen LogP contribution is 2.47. The molecule has 0 fully saturated rings. The Labute approximate surface area is 208 Å². The van der Waals surface area contributed by atoms with Gasteiger partial charge in [0, 0.05) is 31.0 Å². The van der Waals surface area contributed by atoms with Crippen LogP contribution in [0.25, 0.3) is 0 Å². The number of nitrogens with one attached hydrogen (secondary N) is 1. The minimum atomic E-state index is -2.00. The monoisotopic (exact) mass is 486 g/mol. The molecule has 6 heteroatoms. The predicted molar refractivity (Wildman–Crippen MR) is 142 cm³/mol. The number of rotatable bonds is 9. The van der Waals surface area contributed by atoms with E-state index < -0.39 is 8.32 Å². The second-order valence-corrected chi connectivity index (χ2v) is 16.5. The number of unbranched alkanes of at least 4 members (excludes halogenated alkanes) is 2. The van der Waals surface area contributed by atoms with Gasteiger partial charge in [-0.1, -0.05) is 39.0 Å². The molecule has 0 radical (unpaired) electrons. The summed E-state index contributed by atoms with van der Waals surface area (Å²) < 4.78 is 6.94. The van der Waals surface area contributed by atoms with E-state index in [1.165, 1.54) is 11.3 Å². The molecule has 0 saturated heterocycles. The summed E-state index contributed by atoms with van der Waals surface area (Å²) in [6.07, 6.45) is 14.9. The van der Waals surface area contributed by atoms with Gasteiger partial charge in [0.1, 0.15) is 0 Å². The molecule has 34 heavy (non-hydrogen) atoms. The molecule has 0 aromatic carbocycles. The Hall–Kier alpha value is -1.66. The largest absolute Gasteiger partial charge is 0.413 e. The zero-order valence-corrected chi connectivity index (χ0v) is 23.1. The number of amides is 2. The van der Waals surface area contributed by atoms with E-state index in [0.29, 0.717) is 19.4 Å². The van der Waals surface area contributed by atoms with Gasteiger partial charge in [0.2, 0.25) is 11.8 Å². The van der Waals surface area contributed by atoms with E-state index in [9.17, 15) is 9.59 Å². The Morgan fingerprint density at radius 2 is 2.06 bits per heavy atom. The highest BCUT2D eigenvalue weighted by atomic mass is 28.4. The second kappa shape index (κ2) is 11.4. The van der Waals surface area contributed by atoms with Crippen molar-refractivity contribution in [1.29, 1.82) is 0 Å². The maximum Gasteiger partial charge on any atom is 0.227 e. The lowest BCUT2D eigenvalue weighted by atomic mass is 9.80. The lowest BCUT2D eigenvalue weighted by Crippen LogP contribution is -2.47. The van der Waals surface area contributed by atoms with Crippen molar-refractivity contribution < 1.29 is 14.0 Å². The van der Waals surface area contributed by atoms with Gasteiger partial charge in [0.15, 0.2) is 8.32 Å². The Balaban J connectivity index is 1.82. The SMILES string of the molecule is C=CCCCCNC(=O)C[C@@H]1C2=C(CC[C@H]1O[Si](C)(C)C(C)(C)C)N1C(=O)CCCC=CC1C2. The number of carbonyl (C=O) groups excluding carboxylic acids is 2. The average Bonchev–Trinajstić information content (AvgIpc) is 3.10. The molecule has 2 heterocycles. The van der Waals surface area contributed by atoms with Gasteiger partial charge in [0.05, 0.1) is 12.1 Å². The number of carbonyl (C=O) groups is 2. The molecule has 0 saturated carbocycles. The molecule has 3 aliphatic rings. The molecule has 1 unspecified atom stereocenters. The van der Waals surface area contributed by atoms with Crippen LogP contribution >= 0.6 is 0 Å². The van der Waals surface area contributed by atoms with Crippen molar-refractivity contribution in [3.05, 3.63) is 36.1 Å². The van der Waals surface area contributed by atoms with Crippen LogP contribution in [0.4, 0.5) is 0 Å². The standard InChI is InChI=1S/C28H46N2O3Si/c1-7-8-9-13-18-29-26(31)20-23-22-19-21-14-11-10-12-15-27(32)30(21)24(22)16-17-25(23)33-34(5,6)28(2,3)4/h7,11,14,21,23,25H,1,8-10,12-13,15-20H2,2-6H3,(H,29,31)/t21?,23-,25-/m1/s1. The molecule has 0 bridgehead atoms. The molecule has 1 aliphatic carbocycles. The topological polar surface area (TPSA) is 58.6 Å². The summed E-state index contributed by atoms with van der Waals surface area (Å²) in [5, 5.41) is 3.25. The van der Waals surface area contributed by atoms with E-state index in [4.69, 9.17) is 4.43 Å². The molecule has 190 valence electrons. The van der Waals surface area contributed by atoms with Crippen molar-refractivity contribution in [2.24, 2.45) is 5.92 Å². The van der Waals surface area contributed by atoms with Crippen LogP contribution < -0.4 is 5.32 Å². The summed E-state index contributed by atoms with van der Waals surface area (Å²) in [5.41, 5.74) is 2.47. The predicted octanol–water partition coefficient (Wildman–Crippen LogP) is 6.24. The van der Waals surface area contributed by atoms with Crippen LogP contribution in [0.15, 0.2) is 36.1 Å². The molecule has 0 aromatic rings. The lowest BCUT2D eigenvalue weighted by molar-refractivity contribution is -0.130. The molecule has 0 spiro atoms. The third kappa shape index (κ3) is 6.31. The van der Waals surface area contributed by atoms with Crippen molar-refractivity contribution in [3.63, 3.8) is 0 Å². The van der Waals surface area contributed by atoms with Gasteiger partial charge in [-0.05, 0) is 75.1 Å². The first-order valence-electron chi connectivity index (χ1n) is 13.3. The van der Waals surface area contributed by atoms with Crippen molar-refractivity contribution in [3.8, 4) is 0 Å². The summed E-state index contributed by atoms with van der Waals surface area (Å²) in [4.78, 5) is 28.1. The highest BCUT2D eigenvalue weighted by molar-refractivity contribution is 6.74. The van der Waals surface area contributed by atoms with Gasteiger partial charge in [-0.3, -0.25) is 9.59 Å². The highest BCUT2D eigenvalue weighted by Gasteiger charge is 2.47. The molecule has 2 amide bonds. The van der Waals surface area contributed by atoms with Crippen LogP contribution in [0.2, 0.25) is 18.1 Å². The van der Waals surface area contributed by atoms with Crippen LogP contribution in [-0.2, 0) is 14.0 Å². The summed E-state index contributed by atoms with van der Waals surface area (Å²) in [6.45, 7) is 15.9. The molecule has 5 nitrogen and oxygen atoms in total. The first-order valence-corrected chi connectivity index (χ1v) is 16.2. The number of fused-ring (bicyclic) bond motifs is 2. The van der Waals surface area contributed by atoms with Gasteiger partial charge in [-0.25, -0.2) is 0 Å². The van der Waals surface area contributed by atoms with Crippen LogP contribution in [0.3, 0.4) is 0 Å². The van der Waals surface area contributed by atoms with Crippen LogP contribution in [0.5, 0.6) is 0 Å². The fraction of sp³-hybridized carbons (Fsp3) is 0.714. The number of hydrogen-bond donors (Lipinski definition) is 1. The first kappa shape index (κ1) is 26.9. The van der Waals surface area contributed by atoms with Crippen molar-refractivity contribution in [1.82, 2.24) is 10.2 Å². The van der Waals surface area contributed by atoms with E-state index in [2.05, 4.69) is 62.8 Å². The van der Waals surface area contributed by atoms with Gasteiger partial charge < -0.3 is 14.6 Å². The summed E-state index contributed by atoms with van der Waals surface area (Å²) in [5.74, 6) is 0.386. The smallest absolute Gasteiger partial charge is 0.227 e. The number of allylic oxidation sites excluding steroid dienone is 3. The van der Waals surface area contributed by atoms with Crippen LogP contribution in [0, 0.1) is 5.92 Å². The number of nitrogens with zero attached hydrogens (tertiary/aromatic N) is 1. The fourth-order valence-corrected chi connectivity index (χ4v) is 6.63. The van der Waals surface area contributed by atoms with Gasteiger partial charge >= 0.3 is 0 Å². The fourth-order valence-electron chi connectivity index (χ4n) is 5.24. The Bertz CT molecular complexity index is 824. The molecule has 3 rings (SSSR count). The van der Waals surface area contributed by atoms with Gasteiger partial charge in [-0.15, -0.1) is 6.58 Å². The Kier molecular flexibility index (Phi) is 9.02. The molecule has 2 aliphatic heterocycles. The summed E-state index contributed by atoms with van der Waals surface area (Å²) in [6, 6.07) is 0.105. The van der Waals surface area contributed by atoms with Crippen LogP contribution in [-0.4, -0.2) is 43.7 Å². The third-order valence-electron chi connectivity index (χ3n) is 8.19. The lowest BCUT2D eigenvalue weighted by Gasteiger charge is -2.43.